The molecule has 9 rings (SSSR count). The molecule has 0 saturated heterocycles. The highest BCUT2D eigenvalue weighted by Gasteiger charge is 2.40. The number of carboxylic acid groups (broad SMARTS) is 1. The van der Waals surface area contributed by atoms with Crippen LogP contribution in [0, 0.1) is 23.7 Å². The number of carbonyl (C=O) groups excluding carboxylic acids is 4. The lowest BCUT2D eigenvalue weighted by Gasteiger charge is -2.20. The minimum absolute atomic E-state index is 0.0932. The Balaban J connectivity index is 1.01. The molecule has 1 N–H and O–H groups in total. The van der Waals surface area contributed by atoms with Crippen LogP contribution >= 0.6 is 0 Å². The summed E-state index contributed by atoms with van der Waals surface area (Å²) in [6.07, 6.45) is 0. The van der Waals surface area contributed by atoms with Crippen molar-refractivity contribution in [3.8, 4) is 23.7 Å². The second kappa shape index (κ2) is 12.9. The van der Waals surface area contributed by atoms with Gasteiger partial charge in [-0.3, -0.25) is 19.2 Å². The maximum atomic E-state index is 13.8. The standard InChI is InChI=1S/C47H24N2O6/c50-43-39-19-15-30(11-9-28-13-17-32-5-1-3-7-34(32)21-28)23-41(39)45(52)48(43)37-25-36(47(54)55)26-38(27-37)49-44(51)40-20-16-31(24-42(40)46(49)53)12-10-29-14-18-33-6-2-4-8-35(33)22-29/h1-8,13-27H,(H,54,55). The third-order valence-electron chi connectivity index (χ3n) is 9.64. The summed E-state index contributed by atoms with van der Waals surface area (Å²) >= 11 is 0. The molecule has 8 heteroatoms. The number of hydrogen-bond donors (Lipinski definition) is 1. The van der Waals surface area contributed by atoms with Gasteiger partial charge in [0, 0.05) is 22.3 Å². The lowest BCUT2D eigenvalue weighted by Crippen LogP contribution is -2.32. The molecule has 0 aliphatic carbocycles. The van der Waals surface area contributed by atoms with E-state index in [0.29, 0.717) is 11.1 Å². The second-order valence-electron chi connectivity index (χ2n) is 13.1. The Kier molecular flexibility index (Phi) is 7.67. The van der Waals surface area contributed by atoms with E-state index in [4.69, 9.17) is 0 Å². The van der Waals surface area contributed by atoms with Gasteiger partial charge in [0.05, 0.1) is 39.2 Å². The van der Waals surface area contributed by atoms with Crippen molar-refractivity contribution in [1.29, 1.82) is 0 Å². The molecule has 0 atom stereocenters. The van der Waals surface area contributed by atoms with Crippen molar-refractivity contribution in [3.63, 3.8) is 0 Å². The minimum atomic E-state index is -1.38. The Hall–Kier alpha value is -8.07. The number of anilines is 2. The average Bonchev–Trinajstić information content (AvgIpc) is 3.61. The first-order valence-corrected chi connectivity index (χ1v) is 17.2. The van der Waals surface area contributed by atoms with Crippen LogP contribution in [0.25, 0.3) is 21.5 Å². The van der Waals surface area contributed by atoms with E-state index in [9.17, 15) is 29.1 Å². The summed E-state index contributed by atoms with van der Waals surface area (Å²) in [4.78, 5) is 69.0. The molecular formula is C47H24N2O6. The van der Waals surface area contributed by atoms with E-state index in [1.807, 2.05) is 84.9 Å². The summed E-state index contributed by atoms with van der Waals surface area (Å²) < 4.78 is 0. The molecule has 7 aromatic rings. The number of hydrogen-bond acceptors (Lipinski definition) is 5. The highest BCUT2D eigenvalue weighted by molar-refractivity contribution is 6.36. The summed E-state index contributed by atoms with van der Waals surface area (Å²) in [5.41, 5.74) is 2.43. The van der Waals surface area contributed by atoms with Crippen LogP contribution in [0.1, 0.15) is 74.0 Å². The molecule has 2 aliphatic rings. The van der Waals surface area contributed by atoms with E-state index < -0.39 is 29.6 Å². The van der Waals surface area contributed by atoms with Crippen LogP contribution in [0.2, 0.25) is 0 Å². The molecule has 0 saturated carbocycles. The Morgan fingerprint density at radius 1 is 0.400 bits per heavy atom. The number of aromatic carboxylic acids is 1. The van der Waals surface area contributed by atoms with Crippen molar-refractivity contribution >= 4 is 62.5 Å². The maximum absolute atomic E-state index is 13.8. The van der Waals surface area contributed by atoms with E-state index in [1.54, 1.807) is 12.1 Å². The van der Waals surface area contributed by atoms with Crippen LogP contribution < -0.4 is 9.80 Å². The summed E-state index contributed by atoms with van der Waals surface area (Å²) in [7, 11) is 0. The maximum Gasteiger partial charge on any atom is 0.335 e. The SMILES string of the molecule is O=C(O)c1cc(N2C(=O)c3ccc(C#Cc4ccc5ccccc5c4)cc3C2=O)cc(N2C(=O)c3ccc(C#Cc4ccc5ccccc5c4)cc3C2=O)c1. The molecule has 2 heterocycles. The number of benzene rings is 7. The first kappa shape index (κ1) is 32.8. The van der Waals surface area contributed by atoms with Gasteiger partial charge in [-0.15, -0.1) is 0 Å². The van der Waals surface area contributed by atoms with Crippen LogP contribution in [0.5, 0.6) is 0 Å². The number of amides is 4. The van der Waals surface area contributed by atoms with Gasteiger partial charge in [0.1, 0.15) is 0 Å². The zero-order valence-electron chi connectivity index (χ0n) is 28.7. The van der Waals surface area contributed by atoms with Gasteiger partial charge >= 0.3 is 5.97 Å². The first-order valence-electron chi connectivity index (χ1n) is 17.2. The van der Waals surface area contributed by atoms with Crippen molar-refractivity contribution in [3.05, 3.63) is 190 Å². The topological polar surface area (TPSA) is 112 Å². The Labute approximate surface area is 313 Å². The van der Waals surface area contributed by atoms with Crippen molar-refractivity contribution in [1.82, 2.24) is 0 Å². The number of carbonyl (C=O) groups is 5. The van der Waals surface area contributed by atoms with E-state index in [1.165, 1.54) is 30.3 Å². The molecule has 2 aliphatic heterocycles. The van der Waals surface area contributed by atoms with E-state index in [-0.39, 0.29) is 39.2 Å². The average molecular weight is 713 g/mol. The number of nitrogens with zero attached hydrogens (tertiary/aromatic N) is 2. The van der Waals surface area contributed by atoms with Crippen molar-refractivity contribution in [2.24, 2.45) is 0 Å². The minimum Gasteiger partial charge on any atom is -0.478 e. The Bertz CT molecular complexity index is 2830. The van der Waals surface area contributed by atoms with Crippen molar-refractivity contribution in [2.75, 3.05) is 9.80 Å². The molecule has 55 heavy (non-hydrogen) atoms. The van der Waals surface area contributed by atoms with Gasteiger partial charge in [0.25, 0.3) is 23.6 Å². The molecule has 0 radical (unpaired) electrons. The van der Waals surface area contributed by atoms with Gasteiger partial charge in [-0.05, 0) is 100 Å². The van der Waals surface area contributed by atoms with Crippen LogP contribution in [-0.2, 0) is 0 Å². The van der Waals surface area contributed by atoms with Gasteiger partial charge < -0.3 is 5.11 Å². The molecule has 258 valence electrons. The zero-order valence-corrected chi connectivity index (χ0v) is 28.7. The molecule has 0 bridgehead atoms. The summed E-state index contributed by atoms with van der Waals surface area (Å²) in [5, 5.41) is 14.3. The number of imide groups is 2. The number of rotatable bonds is 3. The molecule has 0 aromatic heterocycles. The Morgan fingerprint density at radius 3 is 1.18 bits per heavy atom. The van der Waals surface area contributed by atoms with Crippen LogP contribution in [0.15, 0.2) is 140 Å². The van der Waals surface area contributed by atoms with Gasteiger partial charge in [-0.2, -0.15) is 0 Å². The predicted molar refractivity (Wildman–Crippen MR) is 208 cm³/mol. The lowest BCUT2D eigenvalue weighted by molar-refractivity contribution is 0.0694. The van der Waals surface area contributed by atoms with Gasteiger partial charge in [-0.25, -0.2) is 14.6 Å². The molecule has 4 amide bonds. The molecule has 0 unspecified atom stereocenters. The summed E-state index contributed by atoms with van der Waals surface area (Å²) in [6, 6.07) is 40.5. The third-order valence-corrected chi connectivity index (χ3v) is 9.64. The van der Waals surface area contributed by atoms with Crippen LogP contribution in [-0.4, -0.2) is 34.7 Å². The monoisotopic (exact) mass is 712 g/mol. The summed E-state index contributed by atoms with van der Waals surface area (Å²) in [6.45, 7) is 0. The highest BCUT2D eigenvalue weighted by atomic mass is 16.4. The fourth-order valence-corrected chi connectivity index (χ4v) is 6.91. The van der Waals surface area contributed by atoms with Gasteiger partial charge in [-0.1, -0.05) is 84.3 Å². The second-order valence-corrected chi connectivity index (χ2v) is 13.1. The molecule has 0 spiro atoms. The molecule has 8 nitrogen and oxygen atoms in total. The molecule has 7 aromatic carbocycles. The van der Waals surface area contributed by atoms with Gasteiger partial charge in [0.2, 0.25) is 0 Å². The zero-order chi connectivity index (χ0) is 37.8. The molecule has 0 fully saturated rings. The van der Waals surface area contributed by atoms with Crippen LogP contribution in [0.4, 0.5) is 11.4 Å². The fraction of sp³-hybridized carbons (Fsp3) is 0. The lowest BCUT2D eigenvalue weighted by atomic mass is 10.0. The van der Waals surface area contributed by atoms with E-state index >= 15 is 0 Å². The van der Waals surface area contributed by atoms with Gasteiger partial charge in [0.15, 0.2) is 0 Å². The first-order chi connectivity index (χ1) is 26.7. The molecular weight excluding hydrogens is 689 g/mol. The fourth-order valence-electron chi connectivity index (χ4n) is 6.91. The normalized spacial score (nSPS) is 13.0. The van der Waals surface area contributed by atoms with E-state index in [0.717, 1.165) is 54.6 Å². The van der Waals surface area contributed by atoms with E-state index in [2.05, 4.69) is 23.7 Å². The number of fused-ring (bicyclic) bond motifs is 4. The van der Waals surface area contributed by atoms with Crippen molar-refractivity contribution in [2.45, 2.75) is 0 Å². The Morgan fingerprint density at radius 2 is 0.764 bits per heavy atom. The van der Waals surface area contributed by atoms with Crippen LogP contribution in [0.3, 0.4) is 0 Å². The quantitative estimate of drug-likeness (QED) is 0.146. The largest absolute Gasteiger partial charge is 0.478 e. The summed E-state index contributed by atoms with van der Waals surface area (Å²) in [5.74, 6) is 8.21. The smallest absolute Gasteiger partial charge is 0.335 e. The van der Waals surface area contributed by atoms with Crippen molar-refractivity contribution < 1.29 is 29.1 Å². The highest BCUT2D eigenvalue weighted by Crippen LogP contribution is 2.36. The number of carboxylic acids is 1. The third kappa shape index (κ3) is 5.77. The predicted octanol–water partition coefficient (Wildman–Crippen LogP) is 8.09.